The maximum atomic E-state index is 11.9. The number of aromatic nitrogens is 2. The second-order valence-electron chi connectivity index (χ2n) is 4.42. The van der Waals surface area contributed by atoms with Crippen molar-refractivity contribution in [1.82, 2.24) is 14.9 Å². The van der Waals surface area contributed by atoms with E-state index in [0.717, 1.165) is 43.7 Å². The monoisotopic (exact) mass is 205 g/mol. The Balaban J connectivity index is 1.83. The van der Waals surface area contributed by atoms with Gasteiger partial charge in [-0.15, -0.1) is 0 Å². The predicted molar refractivity (Wildman–Crippen MR) is 55.7 cm³/mol. The number of fused-ring (bicyclic) bond motifs is 1. The number of aryl methyl sites for hydroxylation is 1. The van der Waals surface area contributed by atoms with Crippen LogP contribution in [-0.4, -0.2) is 21.5 Å². The van der Waals surface area contributed by atoms with Crippen LogP contribution < -0.4 is 5.32 Å². The second-order valence-corrected chi connectivity index (χ2v) is 4.42. The van der Waals surface area contributed by atoms with E-state index < -0.39 is 0 Å². The zero-order valence-corrected chi connectivity index (χ0v) is 8.70. The lowest BCUT2D eigenvalue weighted by atomic mass is 10.1. The van der Waals surface area contributed by atoms with E-state index >= 15 is 0 Å². The largest absolute Gasteiger partial charge is 0.348 e. The number of carbonyl (C=O) groups is 1. The summed E-state index contributed by atoms with van der Waals surface area (Å²) in [6.45, 7) is 0.947. The summed E-state index contributed by atoms with van der Waals surface area (Å²) in [4.78, 5) is 16.2. The SMILES string of the molecule is O=C(NC1CC1)c1cnc2n1CCCC2. The molecule has 0 radical (unpaired) electrons. The van der Waals surface area contributed by atoms with E-state index in [2.05, 4.69) is 14.9 Å². The number of carbonyl (C=O) groups excluding carboxylic acids is 1. The van der Waals surface area contributed by atoms with Gasteiger partial charge in [0.05, 0.1) is 6.20 Å². The minimum atomic E-state index is 0.0538. The molecule has 1 amide bonds. The fourth-order valence-corrected chi connectivity index (χ4v) is 2.08. The average Bonchev–Trinajstić information content (AvgIpc) is 2.96. The molecule has 0 unspecified atom stereocenters. The van der Waals surface area contributed by atoms with Crippen molar-refractivity contribution in [3.05, 3.63) is 17.7 Å². The molecule has 80 valence electrons. The molecule has 1 aromatic heterocycles. The number of hydrogen-bond acceptors (Lipinski definition) is 2. The fraction of sp³-hybridized carbons (Fsp3) is 0.636. The van der Waals surface area contributed by atoms with Crippen molar-refractivity contribution < 1.29 is 4.79 Å². The summed E-state index contributed by atoms with van der Waals surface area (Å²) >= 11 is 0. The standard InChI is InChI=1S/C11H15N3O/c15-11(13-8-4-5-8)9-7-12-10-3-1-2-6-14(9)10/h7-8H,1-6H2,(H,13,15). The van der Waals surface area contributed by atoms with Crippen LogP contribution in [0.2, 0.25) is 0 Å². The first-order valence-electron chi connectivity index (χ1n) is 5.70. The van der Waals surface area contributed by atoms with Gasteiger partial charge in [-0.25, -0.2) is 4.98 Å². The number of amides is 1. The summed E-state index contributed by atoms with van der Waals surface area (Å²) in [5.41, 5.74) is 0.747. The van der Waals surface area contributed by atoms with Gasteiger partial charge in [-0.3, -0.25) is 4.79 Å². The highest BCUT2D eigenvalue weighted by molar-refractivity contribution is 5.92. The number of hydrogen-bond donors (Lipinski definition) is 1. The minimum Gasteiger partial charge on any atom is -0.348 e. The second kappa shape index (κ2) is 3.36. The quantitative estimate of drug-likeness (QED) is 0.786. The van der Waals surface area contributed by atoms with E-state index in [4.69, 9.17) is 0 Å². The van der Waals surface area contributed by atoms with Crippen molar-refractivity contribution in [2.75, 3.05) is 0 Å². The third-order valence-corrected chi connectivity index (χ3v) is 3.12. The van der Waals surface area contributed by atoms with Gasteiger partial charge >= 0.3 is 0 Å². The van der Waals surface area contributed by atoms with E-state index in [0.29, 0.717) is 6.04 Å². The van der Waals surface area contributed by atoms with Crippen LogP contribution in [0.1, 0.15) is 42.0 Å². The van der Waals surface area contributed by atoms with Crippen molar-refractivity contribution in [2.45, 2.75) is 44.7 Å². The lowest BCUT2D eigenvalue weighted by Gasteiger charge is -2.15. The highest BCUT2D eigenvalue weighted by Gasteiger charge is 2.26. The minimum absolute atomic E-state index is 0.0538. The van der Waals surface area contributed by atoms with Crippen molar-refractivity contribution in [2.24, 2.45) is 0 Å². The highest BCUT2D eigenvalue weighted by atomic mass is 16.2. The molecule has 0 bridgehead atoms. The molecule has 0 saturated heterocycles. The first-order valence-corrected chi connectivity index (χ1v) is 5.70. The van der Waals surface area contributed by atoms with Gasteiger partial charge in [-0.2, -0.15) is 0 Å². The average molecular weight is 205 g/mol. The summed E-state index contributed by atoms with van der Waals surface area (Å²) in [5.74, 6) is 1.13. The molecule has 2 aliphatic rings. The summed E-state index contributed by atoms with van der Waals surface area (Å²) in [6.07, 6.45) is 7.35. The Morgan fingerprint density at radius 2 is 2.33 bits per heavy atom. The number of nitrogens with zero attached hydrogens (tertiary/aromatic N) is 2. The van der Waals surface area contributed by atoms with Gasteiger partial charge in [0.15, 0.2) is 0 Å². The van der Waals surface area contributed by atoms with Gasteiger partial charge in [0.25, 0.3) is 5.91 Å². The van der Waals surface area contributed by atoms with E-state index in [-0.39, 0.29) is 5.91 Å². The summed E-state index contributed by atoms with van der Waals surface area (Å²) in [5, 5.41) is 3.01. The van der Waals surface area contributed by atoms with Crippen LogP contribution in [0, 0.1) is 0 Å². The molecule has 1 aromatic rings. The summed E-state index contributed by atoms with van der Waals surface area (Å²) in [7, 11) is 0. The van der Waals surface area contributed by atoms with Crippen molar-refractivity contribution in [3.8, 4) is 0 Å². The first-order chi connectivity index (χ1) is 7.34. The Hall–Kier alpha value is -1.32. The van der Waals surface area contributed by atoms with Crippen LogP contribution in [0.5, 0.6) is 0 Å². The van der Waals surface area contributed by atoms with Gasteiger partial charge in [0.1, 0.15) is 11.5 Å². The molecule has 1 aliphatic heterocycles. The third kappa shape index (κ3) is 1.64. The first kappa shape index (κ1) is 8.95. The molecule has 1 N–H and O–H groups in total. The van der Waals surface area contributed by atoms with Crippen molar-refractivity contribution in [3.63, 3.8) is 0 Å². The topological polar surface area (TPSA) is 46.9 Å². The van der Waals surface area contributed by atoms with Gasteiger partial charge in [-0.1, -0.05) is 0 Å². The zero-order chi connectivity index (χ0) is 10.3. The molecule has 0 spiro atoms. The van der Waals surface area contributed by atoms with E-state index in [9.17, 15) is 4.79 Å². The zero-order valence-electron chi connectivity index (χ0n) is 8.70. The molecule has 15 heavy (non-hydrogen) atoms. The molecular formula is C11H15N3O. The molecule has 0 atom stereocenters. The van der Waals surface area contributed by atoms with Crippen LogP contribution in [0.4, 0.5) is 0 Å². The molecule has 2 heterocycles. The Kier molecular flexibility index (Phi) is 2.01. The Morgan fingerprint density at radius 3 is 3.13 bits per heavy atom. The molecule has 4 heteroatoms. The Labute approximate surface area is 88.7 Å². The van der Waals surface area contributed by atoms with Crippen LogP contribution in [0.15, 0.2) is 6.20 Å². The Morgan fingerprint density at radius 1 is 1.47 bits per heavy atom. The van der Waals surface area contributed by atoms with Crippen molar-refractivity contribution in [1.29, 1.82) is 0 Å². The summed E-state index contributed by atoms with van der Waals surface area (Å²) < 4.78 is 2.07. The maximum Gasteiger partial charge on any atom is 0.269 e. The Bertz CT molecular complexity index is 393. The predicted octanol–water partition coefficient (Wildman–Crippen LogP) is 1.11. The van der Waals surface area contributed by atoms with E-state index in [1.807, 2.05) is 0 Å². The smallest absolute Gasteiger partial charge is 0.269 e. The van der Waals surface area contributed by atoms with Gasteiger partial charge in [0, 0.05) is 19.0 Å². The number of nitrogens with one attached hydrogen (secondary N) is 1. The lowest BCUT2D eigenvalue weighted by Crippen LogP contribution is -2.28. The molecule has 1 saturated carbocycles. The lowest BCUT2D eigenvalue weighted by molar-refractivity contribution is 0.0940. The van der Waals surface area contributed by atoms with E-state index in [1.165, 1.54) is 6.42 Å². The van der Waals surface area contributed by atoms with Gasteiger partial charge in [-0.05, 0) is 25.7 Å². The maximum absolute atomic E-state index is 11.9. The molecule has 4 nitrogen and oxygen atoms in total. The van der Waals surface area contributed by atoms with Gasteiger partial charge < -0.3 is 9.88 Å². The third-order valence-electron chi connectivity index (χ3n) is 3.12. The van der Waals surface area contributed by atoms with Crippen LogP contribution >= 0.6 is 0 Å². The molecular weight excluding hydrogens is 190 g/mol. The van der Waals surface area contributed by atoms with E-state index in [1.54, 1.807) is 6.20 Å². The normalized spacial score (nSPS) is 19.7. The molecule has 0 aromatic carbocycles. The van der Waals surface area contributed by atoms with Gasteiger partial charge in [0.2, 0.25) is 0 Å². The van der Waals surface area contributed by atoms with Crippen LogP contribution in [-0.2, 0) is 13.0 Å². The molecule has 1 fully saturated rings. The fourth-order valence-electron chi connectivity index (χ4n) is 2.08. The highest BCUT2D eigenvalue weighted by Crippen LogP contribution is 2.20. The molecule has 3 rings (SSSR count). The van der Waals surface area contributed by atoms with Crippen LogP contribution in [0.3, 0.4) is 0 Å². The molecule has 1 aliphatic carbocycles. The summed E-state index contributed by atoms with van der Waals surface area (Å²) in [6, 6.07) is 0.423. The van der Waals surface area contributed by atoms with Crippen LogP contribution in [0.25, 0.3) is 0 Å². The van der Waals surface area contributed by atoms with Crippen molar-refractivity contribution >= 4 is 5.91 Å². The number of rotatable bonds is 2. The number of imidazole rings is 1.